The predicted octanol–water partition coefficient (Wildman–Crippen LogP) is 2.43. The van der Waals surface area contributed by atoms with Gasteiger partial charge in [-0.1, -0.05) is 12.1 Å². The molecule has 0 saturated carbocycles. The smallest absolute Gasteiger partial charge is 0.300 e. The molecule has 16 heavy (non-hydrogen) atoms. The quantitative estimate of drug-likeness (QED) is 0.636. The van der Waals surface area contributed by atoms with E-state index in [1.165, 1.54) is 13.2 Å². The summed E-state index contributed by atoms with van der Waals surface area (Å²) in [5, 5.41) is 9.48. The Morgan fingerprint density at radius 1 is 1.44 bits per heavy atom. The molecule has 0 spiro atoms. The van der Waals surface area contributed by atoms with E-state index in [0.29, 0.717) is 11.8 Å². The molecule has 0 fully saturated rings. The summed E-state index contributed by atoms with van der Waals surface area (Å²) in [4.78, 5) is 10.7. The van der Waals surface area contributed by atoms with Crippen LogP contribution in [0, 0.1) is 0 Å². The average Bonchev–Trinajstić information content (AvgIpc) is 2.28. The fraction of sp³-hybridized carbons (Fsp3) is 0.182. The maximum Gasteiger partial charge on any atom is 0.300 e. The number of rotatable bonds is 4. The first-order valence-corrected chi connectivity index (χ1v) is 4.42. The number of hydrogen-bond donors (Lipinski definition) is 1. The molecule has 0 atom stereocenters. The highest BCUT2D eigenvalue weighted by atomic mass is 19.3. The van der Waals surface area contributed by atoms with Gasteiger partial charge in [0.15, 0.2) is 0 Å². The van der Waals surface area contributed by atoms with Crippen LogP contribution in [0.4, 0.5) is 8.78 Å². The van der Waals surface area contributed by atoms with Crippen molar-refractivity contribution >= 4 is 11.5 Å². The molecule has 86 valence electrons. The van der Waals surface area contributed by atoms with Crippen LogP contribution in [0.1, 0.15) is 5.56 Å². The van der Waals surface area contributed by atoms with Crippen molar-refractivity contribution in [1.82, 2.24) is 0 Å². The maximum atomic E-state index is 12.0. The number of aliphatic hydroxyl groups is 1. The van der Waals surface area contributed by atoms with Crippen molar-refractivity contribution in [3.63, 3.8) is 0 Å². The average molecular weight is 228 g/mol. The van der Waals surface area contributed by atoms with Gasteiger partial charge < -0.3 is 9.84 Å². The van der Waals surface area contributed by atoms with Crippen LogP contribution in [0.3, 0.4) is 0 Å². The fourth-order valence-corrected chi connectivity index (χ4v) is 1.13. The first-order chi connectivity index (χ1) is 7.56. The minimum Gasteiger partial charge on any atom is -0.507 e. The highest BCUT2D eigenvalue weighted by Gasteiger charge is 2.15. The van der Waals surface area contributed by atoms with Crippen molar-refractivity contribution in [3.05, 3.63) is 35.9 Å². The van der Waals surface area contributed by atoms with E-state index < -0.39 is 18.0 Å². The molecule has 5 heteroatoms. The fourth-order valence-electron chi connectivity index (χ4n) is 1.13. The van der Waals surface area contributed by atoms with Crippen LogP contribution >= 0.6 is 0 Å². The molecule has 0 radical (unpaired) electrons. The molecular formula is C11H10F2O3. The van der Waals surface area contributed by atoms with Gasteiger partial charge in [0.25, 0.3) is 6.43 Å². The van der Waals surface area contributed by atoms with Gasteiger partial charge in [0.2, 0.25) is 5.78 Å². The SMILES string of the molecule is COc1ccccc1C(O)=CC(=O)C(F)F. The number of ether oxygens (including phenoxy) is 1. The Kier molecular flexibility index (Phi) is 3.99. The van der Waals surface area contributed by atoms with Gasteiger partial charge in [-0.3, -0.25) is 4.79 Å². The van der Waals surface area contributed by atoms with E-state index >= 15 is 0 Å². The minimum atomic E-state index is -3.13. The lowest BCUT2D eigenvalue weighted by atomic mass is 10.1. The number of carbonyl (C=O) groups is 1. The topological polar surface area (TPSA) is 46.5 Å². The Bertz CT molecular complexity index is 413. The lowest BCUT2D eigenvalue weighted by Crippen LogP contribution is -2.06. The van der Waals surface area contributed by atoms with Crippen LogP contribution in [0.25, 0.3) is 5.76 Å². The predicted molar refractivity (Wildman–Crippen MR) is 54.6 cm³/mol. The molecule has 0 aliphatic rings. The first-order valence-electron chi connectivity index (χ1n) is 4.42. The molecule has 1 N–H and O–H groups in total. The number of ketones is 1. The minimum absolute atomic E-state index is 0.194. The summed E-state index contributed by atoms with van der Waals surface area (Å²) in [6, 6.07) is 6.26. The number of methoxy groups -OCH3 is 1. The van der Waals surface area contributed by atoms with E-state index in [0.717, 1.165) is 0 Å². The number of hydrogen-bond acceptors (Lipinski definition) is 3. The third kappa shape index (κ3) is 2.79. The van der Waals surface area contributed by atoms with E-state index in [1.54, 1.807) is 18.2 Å². The molecule has 1 rings (SSSR count). The Morgan fingerprint density at radius 3 is 2.62 bits per heavy atom. The van der Waals surface area contributed by atoms with Crippen LogP contribution in [0.5, 0.6) is 5.75 Å². The molecule has 0 aliphatic carbocycles. The van der Waals surface area contributed by atoms with Gasteiger partial charge in [0.1, 0.15) is 11.5 Å². The van der Waals surface area contributed by atoms with Crippen LogP contribution in [0.15, 0.2) is 30.3 Å². The molecule has 0 bridgehead atoms. The van der Waals surface area contributed by atoms with Crippen LogP contribution in [-0.2, 0) is 4.79 Å². The third-order valence-corrected chi connectivity index (χ3v) is 1.88. The largest absolute Gasteiger partial charge is 0.507 e. The lowest BCUT2D eigenvalue weighted by Gasteiger charge is -2.06. The molecule has 1 aromatic carbocycles. The van der Waals surface area contributed by atoms with Crippen molar-refractivity contribution < 1.29 is 23.4 Å². The number of carbonyl (C=O) groups excluding carboxylic acids is 1. The Labute approximate surface area is 91.0 Å². The van der Waals surface area contributed by atoms with E-state index in [1.807, 2.05) is 0 Å². The van der Waals surface area contributed by atoms with Gasteiger partial charge in [-0.2, -0.15) is 0 Å². The number of para-hydroxylation sites is 1. The molecule has 0 amide bonds. The van der Waals surface area contributed by atoms with Crippen molar-refractivity contribution in [2.75, 3.05) is 7.11 Å². The molecule has 0 heterocycles. The van der Waals surface area contributed by atoms with Gasteiger partial charge >= 0.3 is 0 Å². The summed E-state index contributed by atoms with van der Waals surface area (Å²) in [5.41, 5.74) is 0.194. The number of benzene rings is 1. The van der Waals surface area contributed by atoms with Crippen LogP contribution in [-0.4, -0.2) is 24.4 Å². The van der Waals surface area contributed by atoms with Crippen molar-refractivity contribution in [2.45, 2.75) is 6.43 Å². The number of halogens is 2. The monoisotopic (exact) mass is 228 g/mol. The third-order valence-electron chi connectivity index (χ3n) is 1.88. The summed E-state index contributed by atoms with van der Waals surface area (Å²) < 4.78 is 28.8. The zero-order valence-corrected chi connectivity index (χ0v) is 8.48. The lowest BCUT2D eigenvalue weighted by molar-refractivity contribution is -0.124. The zero-order chi connectivity index (χ0) is 12.1. The maximum absolute atomic E-state index is 12.0. The van der Waals surface area contributed by atoms with Gasteiger partial charge in [-0.05, 0) is 12.1 Å². The molecule has 0 aromatic heterocycles. The highest BCUT2D eigenvalue weighted by molar-refractivity contribution is 5.97. The number of aliphatic hydroxyl groups excluding tert-OH is 1. The van der Waals surface area contributed by atoms with E-state index in [9.17, 15) is 18.7 Å². The number of allylic oxidation sites excluding steroid dienone is 1. The van der Waals surface area contributed by atoms with Gasteiger partial charge in [-0.15, -0.1) is 0 Å². The molecule has 3 nitrogen and oxygen atoms in total. The Hall–Kier alpha value is -1.91. The molecule has 0 saturated heterocycles. The second-order valence-corrected chi connectivity index (χ2v) is 2.93. The molecule has 0 aliphatic heterocycles. The number of alkyl halides is 2. The van der Waals surface area contributed by atoms with E-state index in [2.05, 4.69) is 0 Å². The van der Waals surface area contributed by atoms with E-state index in [4.69, 9.17) is 4.74 Å². The second kappa shape index (κ2) is 5.25. The summed E-state index contributed by atoms with van der Waals surface area (Å²) in [5.74, 6) is -1.68. The summed E-state index contributed by atoms with van der Waals surface area (Å²) in [6.07, 6.45) is -2.64. The van der Waals surface area contributed by atoms with Crippen molar-refractivity contribution in [1.29, 1.82) is 0 Å². The standard InChI is InChI=1S/C11H10F2O3/c1-16-10-5-3-2-4-7(10)8(14)6-9(15)11(12)13/h2-6,11,14H,1H3. The molecule has 1 aromatic rings. The van der Waals surface area contributed by atoms with Gasteiger partial charge in [0, 0.05) is 6.08 Å². The van der Waals surface area contributed by atoms with Crippen LogP contribution < -0.4 is 4.74 Å². The van der Waals surface area contributed by atoms with Crippen molar-refractivity contribution in [3.8, 4) is 5.75 Å². The summed E-state index contributed by atoms with van der Waals surface area (Å²) in [7, 11) is 1.38. The van der Waals surface area contributed by atoms with Gasteiger partial charge in [0.05, 0.1) is 12.7 Å². The Balaban J connectivity index is 3.04. The van der Waals surface area contributed by atoms with E-state index in [-0.39, 0.29) is 5.56 Å². The van der Waals surface area contributed by atoms with Gasteiger partial charge in [-0.25, -0.2) is 8.78 Å². The first kappa shape index (κ1) is 12.2. The molecule has 0 unspecified atom stereocenters. The summed E-state index contributed by atoms with van der Waals surface area (Å²) in [6.45, 7) is 0. The molecular weight excluding hydrogens is 218 g/mol. The second-order valence-electron chi connectivity index (χ2n) is 2.93. The van der Waals surface area contributed by atoms with Crippen LogP contribution in [0.2, 0.25) is 0 Å². The van der Waals surface area contributed by atoms with Crippen molar-refractivity contribution in [2.24, 2.45) is 0 Å². The Morgan fingerprint density at radius 2 is 2.06 bits per heavy atom. The zero-order valence-electron chi connectivity index (χ0n) is 8.48. The normalized spacial score (nSPS) is 11.6. The summed E-state index contributed by atoms with van der Waals surface area (Å²) >= 11 is 0. The highest BCUT2D eigenvalue weighted by Crippen LogP contribution is 2.23.